The Morgan fingerprint density at radius 3 is 2.75 bits per heavy atom. The average molecular weight is 276 g/mol. The summed E-state index contributed by atoms with van der Waals surface area (Å²) in [5.41, 5.74) is 1.59. The molecule has 1 amide bonds. The molecule has 1 heterocycles. The van der Waals surface area contributed by atoms with Crippen molar-refractivity contribution in [1.82, 2.24) is 4.90 Å². The van der Waals surface area contributed by atoms with Gasteiger partial charge in [0.05, 0.1) is 11.7 Å². The van der Waals surface area contributed by atoms with Crippen molar-refractivity contribution >= 4 is 11.6 Å². The fourth-order valence-corrected chi connectivity index (χ4v) is 2.59. The first-order valence-corrected chi connectivity index (χ1v) is 7.32. The van der Waals surface area contributed by atoms with Gasteiger partial charge >= 0.3 is 0 Å². The number of amides is 1. The van der Waals surface area contributed by atoms with Crippen molar-refractivity contribution in [3.8, 4) is 0 Å². The number of aliphatic hydroxyl groups is 1. The monoisotopic (exact) mass is 276 g/mol. The number of nitrogens with zero attached hydrogens (tertiary/aromatic N) is 1. The summed E-state index contributed by atoms with van der Waals surface area (Å²) in [6.45, 7) is 7.35. The number of hydrogen-bond donors (Lipinski definition) is 2. The molecule has 2 N–H and O–H groups in total. The third-order valence-electron chi connectivity index (χ3n) is 3.75. The zero-order valence-electron chi connectivity index (χ0n) is 12.5. The Kier molecular flexibility index (Phi) is 4.65. The van der Waals surface area contributed by atoms with Gasteiger partial charge in [-0.15, -0.1) is 0 Å². The third-order valence-corrected chi connectivity index (χ3v) is 3.75. The van der Waals surface area contributed by atoms with Gasteiger partial charge in [-0.2, -0.15) is 0 Å². The molecule has 20 heavy (non-hydrogen) atoms. The second-order valence-corrected chi connectivity index (χ2v) is 5.93. The highest BCUT2D eigenvalue weighted by Crippen LogP contribution is 2.22. The van der Waals surface area contributed by atoms with Crippen LogP contribution in [0, 0.1) is 5.92 Å². The highest BCUT2D eigenvalue weighted by atomic mass is 16.3. The first kappa shape index (κ1) is 14.9. The molecule has 1 aliphatic heterocycles. The van der Waals surface area contributed by atoms with Gasteiger partial charge in [-0.3, -0.25) is 4.79 Å². The van der Waals surface area contributed by atoms with Crippen molar-refractivity contribution in [1.29, 1.82) is 0 Å². The number of likely N-dealkylation sites (tertiary alicyclic amines) is 1. The molecule has 4 heteroatoms. The predicted octanol–water partition coefficient (Wildman–Crippen LogP) is 2.35. The topological polar surface area (TPSA) is 52.6 Å². The minimum absolute atomic E-state index is 0.0486. The Hall–Kier alpha value is -1.55. The van der Waals surface area contributed by atoms with E-state index in [1.54, 1.807) is 0 Å². The molecule has 1 saturated heterocycles. The second kappa shape index (κ2) is 6.27. The Bertz CT molecular complexity index is 473. The van der Waals surface area contributed by atoms with Gasteiger partial charge in [0, 0.05) is 24.8 Å². The van der Waals surface area contributed by atoms with Gasteiger partial charge in [-0.1, -0.05) is 19.1 Å². The molecule has 0 spiro atoms. The van der Waals surface area contributed by atoms with Gasteiger partial charge in [0.25, 0.3) is 5.91 Å². The average Bonchev–Trinajstić information content (AvgIpc) is 2.41. The molecule has 0 aliphatic carbocycles. The highest BCUT2D eigenvalue weighted by Gasteiger charge is 2.28. The molecule has 0 bridgehead atoms. The lowest BCUT2D eigenvalue weighted by Gasteiger charge is -2.34. The van der Waals surface area contributed by atoms with Crippen molar-refractivity contribution in [3.05, 3.63) is 29.8 Å². The van der Waals surface area contributed by atoms with Crippen LogP contribution < -0.4 is 5.32 Å². The number of hydrogen-bond acceptors (Lipinski definition) is 3. The maximum atomic E-state index is 12.7. The number of piperidine rings is 1. The quantitative estimate of drug-likeness (QED) is 0.891. The summed E-state index contributed by atoms with van der Waals surface area (Å²) in [6, 6.07) is 7.91. The molecule has 1 aromatic carbocycles. The number of aliphatic hydroxyl groups excluding tert-OH is 1. The summed E-state index contributed by atoms with van der Waals surface area (Å²) in [5.74, 6) is 0.186. The van der Waals surface area contributed by atoms with Crippen LogP contribution in [0.15, 0.2) is 24.3 Å². The van der Waals surface area contributed by atoms with Gasteiger partial charge in [0.15, 0.2) is 0 Å². The van der Waals surface area contributed by atoms with Crippen LogP contribution in [0.2, 0.25) is 0 Å². The molecule has 2 atom stereocenters. The van der Waals surface area contributed by atoms with Crippen LogP contribution in [0.4, 0.5) is 5.69 Å². The van der Waals surface area contributed by atoms with E-state index < -0.39 is 0 Å². The molecule has 0 radical (unpaired) electrons. The summed E-state index contributed by atoms with van der Waals surface area (Å²) in [7, 11) is 0. The molecule has 0 aromatic heterocycles. The number of para-hydroxylation sites is 1. The van der Waals surface area contributed by atoms with Gasteiger partial charge in [-0.05, 0) is 38.3 Å². The first-order valence-electron chi connectivity index (χ1n) is 7.32. The van der Waals surface area contributed by atoms with E-state index in [1.807, 2.05) is 36.1 Å². The second-order valence-electron chi connectivity index (χ2n) is 5.93. The Labute approximate surface area is 120 Å². The minimum Gasteiger partial charge on any atom is -0.393 e. The zero-order chi connectivity index (χ0) is 14.7. The van der Waals surface area contributed by atoms with Crippen LogP contribution >= 0.6 is 0 Å². The molecule has 2 unspecified atom stereocenters. The van der Waals surface area contributed by atoms with Crippen LogP contribution in [-0.2, 0) is 0 Å². The van der Waals surface area contributed by atoms with E-state index in [0.29, 0.717) is 25.1 Å². The number of anilines is 1. The zero-order valence-corrected chi connectivity index (χ0v) is 12.5. The molecule has 1 aliphatic rings. The molecule has 110 valence electrons. The van der Waals surface area contributed by atoms with E-state index in [-0.39, 0.29) is 24.0 Å². The Morgan fingerprint density at radius 1 is 1.40 bits per heavy atom. The number of carbonyl (C=O) groups is 1. The molecule has 1 aromatic rings. The third kappa shape index (κ3) is 3.31. The molecule has 4 nitrogen and oxygen atoms in total. The molecule has 0 saturated carbocycles. The summed E-state index contributed by atoms with van der Waals surface area (Å²) in [5, 5.41) is 13.1. The van der Waals surface area contributed by atoms with E-state index in [0.717, 1.165) is 5.69 Å². The largest absolute Gasteiger partial charge is 0.393 e. The van der Waals surface area contributed by atoms with E-state index >= 15 is 0 Å². The number of nitrogens with one attached hydrogen (secondary N) is 1. The lowest BCUT2D eigenvalue weighted by Crippen LogP contribution is -2.45. The van der Waals surface area contributed by atoms with Crippen molar-refractivity contribution in [3.63, 3.8) is 0 Å². The highest BCUT2D eigenvalue weighted by molar-refractivity contribution is 5.99. The van der Waals surface area contributed by atoms with Crippen molar-refractivity contribution in [2.24, 2.45) is 5.92 Å². The Morgan fingerprint density at radius 2 is 2.10 bits per heavy atom. The normalized spacial score (nSPS) is 22.9. The van der Waals surface area contributed by atoms with Crippen molar-refractivity contribution in [2.75, 3.05) is 18.4 Å². The predicted molar refractivity (Wildman–Crippen MR) is 80.9 cm³/mol. The van der Waals surface area contributed by atoms with E-state index in [4.69, 9.17) is 0 Å². The number of benzene rings is 1. The standard InChI is InChI=1S/C16H24N2O2/c1-11(2)17-14-7-5-4-6-13(14)16(20)18-9-8-15(19)12(3)10-18/h4-7,11-12,15,17,19H,8-10H2,1-3H3. The SMILES string of the molecule is CC(C)Nc1ccccc1C(=O)N1CCC(O)C(C)C1. The smallest absolute Gasteiger partial charge is 0.255 e. The lowest BCUT2D eigenvalue weighted by molar-refractivity contribution is 0.0298. The fourth-order valence-electron chi connectivity index (χ4n) is 2.59. The molecule has 1 fully saturated rings. The summed E-state index contributed by atoms with van der Waals surface area (Å²) < 4.78 is 0. The molecular weight excluding hydrogens is 252 g/mol. The summed E-state index contributed by atoms with van der Waals surface area (Å²) in [4.78, 5) is 14.5. The minimum atomic E-state index is -0.289. The summed E-state index contributed by atoms with van der Waals surface area (Å²) >= 11 is 0. The van der Waals surface area contributed by atoms with Gasteiger partial charge in [-0.25, -0.2) is 0 Å². The molecular formula is C16H24N2O2. The molecule has 2 rings (SSSR count). The van der Waals surface area contributed by atoms with E-state index in [9.17, 15) is 9.90 Å². The van der Waals surface area contributed by atoms with Crippen LogP contribution in [0.25, 0.3) is 0 Å². The van der Waals surface area contributed by atoms with Crippen LogP contribution in [0.3, 0.4) is 0 Å². The lowest BCUT2D eigenvalue weighted by atomic mass is 9.96. The van der Waals surface area contributed by atoms with Crippen LogP contribution in [-0.4, -0.2) is 41.1 Å². The van der Waals surface area contributed by atoms with Crippen molar-refractivity contribution < 1.29 is 9.90 Å². The van der Waals surface area contributed by atoms with Crippen LogP contribution in [0.1, 0.15) is 37.6 Å². The summed E-state index contributed by atoms with van der Waals surface area (Å²) in [6.07, 6.45) is 0.371. The van der Waals surface area contributed by atoms with E-state index in [1.165, 1.54) is 0 Å². The first-order chi connectivity index (χ1) is 9.49. The maximum Gasteiger partial charge on any atom is 0.255 e. The maximum absolute atomic E-state index is 12.7. The van der Waals surface area contributed by atoms with E-state index in [2.05, 4.69) is 19.2 Å². The number of carbonyl (C=O) groups excluding carboxylic acids is 1. The van der Waals surface area contributed by atoms with Gasteiger partial charge in [0.2, 0.25) is 0 Å². The van der Waals surface area contributed by atoms with Gasteiger partial charge < -0.3 is 15.3 Å². The fraction of sp³-hybridized carbons (Fsp3) is 0.562. The van der Waals surface area contributed by atoms with Gasteiger partial charge in [0.1, 0.15) is 0 Å². The number of rotatable bonds is 3. The Balaban J connectivity index is 2.17. The van der Waals surface area contributed by atoms with Crippen LogP contribution in [0.5, 0.6) is 0 Å². The van der Waals surface area contributed by atoms with Crippen molar-refractivity contribution in [2.45, 2.75) is 39.3 Å².